The zero-order valence-corrected chi connectivity index (χ0v) is 18.5. The van der Waals surface area contributed by atoms with Crippen LogP contribution in [0.25, 0.3) is 0 Å². The molecule has 0 bridgehead atoms. The molecule has 0 aromatic heterocycles. The standard InChI is InChI=1S/C24H32FN3O4/c25-19-3-5-21(6-4-19)32-16-22(29)26-11-7-20(8-12-26)28-23(30)27(15-18-1-2-18)17-24(28)9-13-31-14-10-24/h3-6,18,20H,1-2,7-17H2. The first-order chi connectivity index (χ1) is 15.5. The Kier molecular flexibility index (Phi) is 5.97. The van der Waals surface area contributed by atoms with E-state index in [1.807, 2.05) is 4.90 Å². The molecule has 3 saturated heterocycles. The number of amides is 3. The van der Waals surface area contributed by atoms with Crippen LogP contribution in [-0.2, 0) is 9.53 Å². The van der Waals surface area contributed by atoms with Crippen molar-refractivity contribution in [3.05, 3.63) is 30.1 Å². The molecule has 1 aliphatic carbocycles. The van der Waals surface area contributed by atoms with Gasteiger partial charge in [0.05, 0.1) is 5.54 Å². The maximum absolute atomic E-state index is 13.4. The first kappa shape index (κ1) is 21.5. The Balaban J connectivity index is 1.19. The summed E-state index contributed by atoms with van der Waals surface area (Å²) in [5.41, 5.74) is -0.118. The summed E-state index contributed by atoms with van der Waals surface area (Å²) in [6.45, 7) is 4.30. The monoisotopic (exact) mass is 445 g/mol. The number of hydrogen-bond acceptors (Lipinski definition) is 4. The highest BCUT2D eigenvalue weighted by Gasteiger charge is 2.53. The molecule has 32 heavy (non-hydrogen) atoms. The van der Waals surface area contributed by atoms with E-state index >= 15 is 0 Å². The lowest BCUT2D eigenvalue weighted by atomic mass is 9.86. The topological polar surface area (TPSA) is 62.3 Å². The van der Waals surface area contributed by atoms with Gasteiger partial charge in [0.15, 0.2) is 6.61 Å². The van der Waals surface area contributed by atoms with Crippen LogP contribution in [-0.4, -0.2) is 84.2 Å². The van der Waals surface area contributed by atoms with Gasteiger partial charge in [0, 0.05) is 45.4 Å². The molecule has 1 saturated carbocycles. The van der Waals surface area contributed by atoms with Crippen LogP contribution in [0.5, 0.6) is 5.75 Å². The van der Waals surface area contributed by atoms with Crippen LogP contribution < -0.4 is 4.74 Å². The molecule has 8 heteroatoms. The number of nitrogens with zero attached hydrogens (tertiary/aromatic N) is 3. The lowest BCUT2D eigenvalue weighted by Gasteiger charge is -2.46. The second-order valence-electron chi connectivity index (χ2n) is 9.67. The van der Waals surface area contributed by atoms with Crippen molar-refractivity contribution in [3.63, 3.8) is 0 Å². The third-order valence-electron chi connectivity index (χ3n) is 7.43. The molecule has 0 unspecified atom stereocenters. The molecule has 3 amide bonds. The van der Waals surface area contributed by atoms with E-state index in [2.05, 4.69) is 9.80 Å². The summed E-state index contributed by atoms with van der Waals surface area (Å²) in [5, 5.41) is 0. The van der Waals surface area contributed by atoms with Crippen LogP contribution in [0, 0.1) is 11.7 Å². The number of hydrogen-bond donors (Lipinski definition) is 0. The van der Waals surface area contributed by atoms with Gasteiger partial charge in [-0.25, -0.2) is 9.18 Å². The minimum absolute atomic E-state index is 0.0601. The molecule has 4 fully saturated rings. The highest BCUT2D eigenvalue weighted by molar-refractivity contribution is 5.79. The minimum atomic E-state index is -0.333. The molecule has 0 atom stereocenters. The number of piperidine rings is 1. The molecule has 5 rings (SSSR count). The van der Waals surface area contributed by atoms with Gasteiger partial charge in [0.25, 0.3) is 5.91 Å². The number of rotatable bonds is 6. The van der Waals surface area contributed by atoms with E-state index in [1.54, 1.807) is 0 Å². The van der Waals surface area contributed by atoms with Gasteiger partial charge in [-0.3, -0.25) is 4.79 Å². The number of carbonyl (C=O) groups excluding carboxylic acids is 2. The summed E-state index contributed by atoms with van der Waals surface area (Å²) >= 11 is 0. The van der Waals surface area contributed by atoms with Crippen LogP contribution in [0.1, 0.15) is 38.5 Å². The Hall–Kier alpha value is -2.35. The van der Waals surface area contributed by atoms with Gasteiger partial charge in [-0.1, -0.05) is 0 Å². The molecule has 174 valence electrons. The second-order valence-corrected chi connectivity index (χ2v) is 9.67. The van der Waals surface area contributed by atoms with Gasteiger partial charge in [0.2, 0.25) is 0 Å². The Morgan fingerprint density at radius 1 is 1.09 bits per heavy atom. The molecule has 1 aromatic carbocycles. The van der Waals surface area contributed by atoms with Crippen molar-refractivity contribution in [2.45, 2.75) is 50.1 Å². The smallest absolute Gasteiger partial charge is 0.320 e. The molecular weight excluding hydrogens is 413 g/mol. The second kappa shape index (κ2) is 8.89. The zero-order chi connectivity index (χ0) is 22.1. The summed E-state index contributed by atoms with van der Waals surface area (Å²) < 4.78 is 24.2. The SMILES string of the molecule is O=C(COc1ccc(F)cc1)N1CCC(N2C(=O)N(CC3CC3)CC23CCOCC3)CC1. The molecule has 3 aliphatic heterocycles. The molecule has 7 nitrogen and oxygen atoms in total. The number of carbonyl (C=O) groups is 2. The fourth-order valence-corrected chi connectivity index (χ4v) is 5.44. The Morgan fingerprint density at radius 3 is 2.44 bits per heavy atom. The van der Waals surface area contributed by atoms with Crippen molar-refractivity contribution in [2.75, 3.05) is 46.0 Å². The van der Waals surface area contributed by atoms with E-state index < -0.39 is 0 Å². The molecular formula is C24H32FN3O4. The van der Waals surface area contributed by atoms with Crippen LogP contribution in [0.3, 0.4) is 0 Å². The van der Waals surface area contributed by atoms with Crippen molar-refractivity contribution in [1.29, 1.82) is 0 Å². The Morgan fingerprint density at radius 2 is 1.78 bits per heavy atom. The highest BCUT2D eigenvalue weighted by Crippen LogP contribution is 2.41. The van der Waals surface area contributed by atoms with Crippen LogP contribution in [0.4, 0.5) is 9.18 Å². The first-order valence-electron chi connectivity index (χ1n) is 11.9. The van der Waals surface area contributed by atoms with Crippen molar-refractivity contribution < 1.29 is 23.5 Å². The summed E-state index contributed by atoms with van der Waals surface area (Å²) in [7, 11) is 0. The highest BCUT2D eigenvalue weighted by atomic mass is 19.1. The molecule has 0 N–H and O–H groups in total. The van der Waals surface area contributed by atoms with E-state index in [9.17, 15) is 14.0 Å². The Labute approximate surface area is 188 Å². The maximum atomic E-state index is 13.4. The molecule has 3 heterocycles. The van der Waals surface area contributed by atoms with Crippen LogP contribution in [0.2, 0.25) is 0 Å². The summed E-state index contributed by atoms with van der Waals surface area (Å²) in [5.74, 6) is 0.753. The fourth-order valence-electron chi connectivity index (χ4n) is 5.44. The molecule has 1 spiro atoms. The summed E-state index contributed by atoms with van der Waals surface area (Å²) in [6, 6.07) is 6.02. The predicted molar refractivity (Wildman–Crippen MR) is 116 cm³/mol. The average molecular weight is 446 g/mol. The quantitative estimate of drug-likeness (QED) is 0.676. The van der Waals surface area contributed by atoms with Gasteiger partial charge in [-0.2, -0.15) is 0 Å². The molecule has 4 aliphatic rings. The van der Waals surface area contributed by atoms with E-state index in [-0.39, 0.29) is 35.9 Å². The van der Waals surface area contributed by atoms with E-state index in [0.717, 1.165) is 38.8 Å². The number of likely N-dealkylation sites (tertiary alicyclic amines) is 1. The van der Waals surface area contributed by atoms with Gasteiger partial charge in [-0.05, 0) is 68.7 Å². The fraction of sp³-hybridized carbons (Fsp3) is 0.667. The normalized spacial score (nSPS) is 23.8. The van der Waals surface area contributed by atoms with E-state index in [0.29, 0.717) is 38.0 Å². The van der Waals surface area contributed by atoms with Crippen LogP contribution >= 0.6 is 0 Å². The zero-order valence-electron chi connectivity index (χ0n) is 18.5. The van der Waals surface area contributed by atoms with Crippen molar-refractivity contribution in [3.8, 4) is 5.75 Å². The lowest BCUT2D eigenvalue weighted by molar-refractivity contribution is -0.135. The average Bonchev–Trinajstić information content (AvgIpc) is 3.59. The first-order valence-corrected chi connectivity index (χ1v) is 11.9. The lowest BCUT2D eigenvalue weighted by Crippen LogP contribution is -2.58. The van der Waals surface area contributed by atoms with Crippen molar-refractivity contribution in [1.82, 2.24) is 14.7 Å². The van der Waals surface area contributed by atoms with Gasteiger partial charge < -0.3 is 24.2 Å². The Bertz CT molecular complexity index is 830. The van der Waals surface area contributed by atoms with Gasteiger partial charge in [0.1, 0.15) is 11.6 Å². The van der Waals surface area contributed by atoms with E-state index in [4.69, 9.17) is 9.47 Å². The van der Waals surface area contributed by atoms with E-state index in [1.165, 1.54) is 37.1 Å². The largest absolute Gasteiger partial charge is 0.484 e. The van der Waals surface area contributed by atoms with Gasteiger partial charge in [-0.15, -0.1) is 0 Å². The van der Waals surface area contributed by atoms with Crippen molar-refractivity contribution in [2.24, 2.45) is 5.92 Å². The van der Waals surface area contributed by atoms with Crippen LogP contribution in [0.15, 0.2) is 24.3 Å². The number of ether oxygens (including phenoxy) is 2. The number of halogens is 1. The predicted octanol–water partition coefficient (Wildman–Crippen LogP) is 2.89. The summed E-state index contributed by atoms with van der Waals surface area (Å²) in [4.78, 5) is 32.1. The van der Waals surface area contributed by atoms with Crippen molar-refractivity contribution >= 4 is 11.9 Å². The maximum Gasteiger partial charge on any atom is 0.320 e. The number of urea groups is 1. The third-order valence-corrected chi connectivity index (χ3v) is 7.43. The molecule has 1 aromatic rings. The van der Waals surface area contributed by atoms with Gasteiger partial charge >= 0.3 is 6.03 Å². The number of benzene rings is 1. The molecule has 0 radical (unpaired) electrons. The third kappa shape index (κ3) is 4.42. The summed E-state index contributed by atoms with van der Waals surface area (Å²) in [6.07, 6.45) is 5.83. The minimum Gasteiger partial charge on any atom is -0.484 e.